The summed E-state index contributed by atoms with van der Waals surface area (Å²) in [5.41, 5.74) is 0.174. The molecule has 4 nitrogen and oxygen atoms in total. The SMILES string of the molecule is CC1(C)CC(NC(=O)C(I)c2ccccc2)C(C)(C)N1O. The van der Waals surface area contributed by atoms with E-state index in [1.54, 1.807) is 0 Å². The third-order valence-corrected chi connectivity index (χ3v) is 5.60. The molecule has 2 atom stereocenters. The van der Waals surface area contributed by atoms with Crippen LogP contribution in [0.25, 0.3) is 0 Å². The molecule has 1 amide bonds. The highest BCUT2D eigenvalue weighted by molar-refractivity contribution is 14.1. The number of alkyl halides is 1. The molecular weight excluding hydrogens is 379 g/mol. The summed E-state index contributed by atoms with van der Waals surface area (Å²) in [6.45, 7) is 7.88. The van der Waals surface area contributed by atoms with Crippen molar-refractivity contribution in [2.75, 3.05) is 0 Å². The van der Waals surface area contributed by atoms with Gasteiger partial charge in [-0.05, 0) is 39.7 Å². The van der Waals surface area contributed by atoms with Crippen LogP contribution in [0, 0.1) is 0 Å². The number of carbonyl (C=O) groups is 1. The fourth-order valence-corrected chi connectivity index (χ4v) is 3.60. The number of nitrogens with zero attached hydrogens (tertiary/aromatic N) is 1. The molecule has 1 heterocycles. The Morgan fingerprint density at radius 3 is 2.38 bits per heavy atom. The third-order valence-electron chi connectivity index (χ3n) is 4.31. The molecule has 0 saturated carbocycles. The van der Waals surface area contributed by atoms with Crippen LogP contribution in [0.2, 0.25) is 0 Å². The standard InChI is InChI=1S/C16H23IN2O2/c1-15(2)10-12(16(3,4)19(15)21)18-14(20)13(17)11-8-6-5-7-9-11/h5-9,12-13,21H,10H2,1-4H3,(H,18,20). The zero-order chi connectivity index (χ0) is 15.8. The van der Waals surface area contributed by atoms with E-state index >= 15 is 0 Å². The zero-order valence-corrected chi connectivity index (χ0v) is 15.1. The van der Waals surface area contributed by atoms with Crippen LogP contribution in [-0.2, 0) is 4.79 Å². The number of hydrogen-bond acceptors (Lipinski definition) is 3. The van der Waals surface area contributed by atoms with Gasteiger partial charge in [-0.2, -0.15) is 5.06 Å². The van der Waals surface area contributed by atoms with Crippen molar-refractivity contribution in [1.29, 1.82) is 0 Å². The quantitative estimate of drug-likeness (QED) is 0.603. The average molecular weight is 402 g/mol. The second-order valence-corrected chi connectivity index (χ2v) is 8.06. The molecule has 5 heteroatoms. The van der Waals surface area contributed by atoms with Crippen LogP contribution in [0.4, 0.5) is 0 Å². The van der Waals surface area contributed by atoms with Gasteiger partial charge in [-0.1, -0.05) is 52.9 Å². The Bertz CT molecular complexity index is 516. The van der Waals surface area contributed by atoms with Crippen molar-refractivity contribution in [3.8, 4) is 0 Å². The number of halogens is 1. The number of hydroxylamine groups is 2. The predicted molar refractivity (Wildman–Crippen MR) is 91.5 cm³/mol. The molecule has 2 unspecified atom stereocenters. The lowest BCUT2D eigenvalue weighted by atomic mass is 9.94. The van der Waals surface area contributed by atoms with E-state index in [2.05, 4.69) is 27.9 Å². The van der Waals surface area contributed by atoms with E-state index in [9.17, 15) is 10.0 Å². The minimum atomic E-state index is -0.480. The number of nitrogens with one attached hydrogen (secondary N) is 1. The van der Waals surface area contributed by atoms with Crippen molar-refractivity contribution in [1.82, 2.24) is 10.4 Å². The molecule has 0 aliphatic carbocycles. The van der Waals surface area contributed by atoms with Crippen LogP contribution in [-0.4, -0.2) is 33.3 Å². The molecule has 0 bridgehead atoms. The molecule has 116 valence electrons. The molecular formula is C16H23IN2O2. The van der Waals surface area contributed by atoms with Crippen LogP contribution in [0.15, 0.2) is 30.3 Å². The first-order valence-electron chi connectivity index (χ1n) is 7.15. The Morgan fingerprint density at radius 1 is 1.33 bits per heavy atom. The van der Waals surface area contributed by atoms with Gasteiger partial charge in [-0.15, -0.1) is 0 Å². The van der Waals surface area contributed by atoms with E-state index in [1.807, 2.05) is 58.0 Å². The summed E-state index contributed by atoms with van der Waals surface area (Å²) in [5, 5.41) is 14.8. The zero-order valence-electron chi connectivity index (χ0n) is 12.9. The summed E-state index contributed by atoms with van der Waals surface area (Å²) < 4.78 is -0.226. The molecule has 0 radical (unpaired) electrons. The van der Waals surface area contributed by atoms with E-state index in [0.29, 0.717) is 0 Å². The van der Waals surface area contributed by atoms with Crippen LogP contribution < -0.4 is 5.32 Å². The van der Waals surface area contributed by atoms with Crippen molar-refractivity contribution in [2.45, 2.75) is 55.2 Å². The fourth-order valence-electron chi connectivity index (χ4n) is 3.01. The van der Waals surface area contributed by atoms with Gasteiger partial charge in [-0.25, -0.2) is 0 Å². The molecule has 1 aromatic carbocycles. The van der Waals surface area contributed by atoms with Gasteiger partial charge in [0.2, 0.25) is 5.91 Å². The Labute approximate surface area is 140 Å². The van der Waals surface area contributed by atoms with Crippen LogP contribution >= 0.6 is 22.6 Å². The van der Waals surface area contributed by atoms with Crippen molar-refractivity contribution < 1.29 is 10.0 Å². The molecule has 1 aromatic rings. The Morgan fingerprint density at radius 2 is 1.90 bits per heavy atom. The summed E-state index contributed by atoms with van der Waals surface area (Å²) in [7, 11) is 0. The Balaban J connectivity index is 2.10. The number of benzene rings is 1. The summed E-state index contributed by atoms with van der Waals surface area (Å²) >= 11 is 2.16. The normalized spacial score (nSPS) is 25.5. The first kappa shape index (κ1) is 16.7. The van der Waals surface area contributed by atoms with Crippen molar-refractivity contribution >= 4 is 28.5 Å². The largest absolute Gasteiger partial charge is 0.350 e. The molecule has 2 N–H and O–H groups in total. The highest BCUT2D eigenvalue weighted by Crippen LogP contribution is 2.39. The summed E-state index contributed by atoms with van der Waals surface area (Å²) in [6, 6.07) is 9.65. The number of hydrogen-bond donors (Lipinski definition) is 2. The molecule has 2 rings (SSSR count). The second-order valence-electron chi connectivity index (χ2n) is 6.82. The fraction of sp³-hybridized carbons (Fsp3) is 0.562. The first-order chi connectivity index (χ1) is 9.66. The van der Waals surface area contributed by atoms with E-state index in [1.165, 1.54) is 5.06 Å². The minimum absolute atomic E-state index is 0.00836. The topological polar surface area (TPSA) is 52.6 Å². The molecule has 1 aliphatic rings. The first-order valence-corrected chi connectivity index (χ1v) is 8.39. The maximum atomic E-state index is 12.5. The minimum Gasteiger partial charge on any atom is -0.350 e. The van der Waals surface area contributed by atoms with E-state index < -0.39 is 5.54 Å². The Hall–Kier alpha value is -0.660. The van der Waals surface area contributed by atoms with E-state index in [-0.39, 0.29) is 21.4 Å². The smallest absolute Gasteiger partial charge is 0.237 e. The maximum Gasteiger partial charge on any atom is 0.237 e. The van der Waals surface area contributed by atoms with Gasteiger partial charge in [0.1, 0.15) is 3.92 Å². The third kappa shape index (κ3) is 3.24. The van der Waals surface area contributed by atoms with E-state index in [4.69, 9.17) is 0 Å². The lowest BCUT2D eigenvalue weighted by Gasteiger charge is -2.36. The molecule has 1 fully saturated rings. The highest BCUT2D eigenvalue weighted by atomic mass is 127. The number of carbonyl (C=O) groups excluding carboxylic acids is 1. The van der Waals surface area contributed by atoms with Crippen molar-refractivity contribution in [2.24, 2.45) is 0 Å². The highest BCUT2D eigenvalue weighted by Gasteiger charge is 2.52. The van der Waals surface area contributed by atoms with Crippen LogP contribution in [0.5, 0.6) is 0 Å². The molecule has 0 aromatic heterocycles. The van der Waals surface area contributed by atoms with Crippen LogP contribution in [0.3, 0.4) is 0 Å². The molecule has 21 heavy (non-hydrogen) atoms. The summed E-state index contributed by atoms with van der Waals surface area (Å²) in [6.07, 6.45) is 0.723. The Kier molecular flexibility index (Phi) is 4.66. The lowest BCUT2D eigenvalue weighted by molar-refractivity contribution is -0.194. The van der Waals surface area contributed by atoms with Gasteiger partial charge in [0, 0.05) is 5.54 Å². The summed E-state index contributed by atoms with van der Waals surface area (Å²) in [5.74, 6) is -0.00836. The number of amides is 1. The maximum absolute atomic E-state index is 12.5. The van der Waals surface area contributed by atoms with Gasteiger partial charge in [0.05, 0.1) is 11.6 Å². The average Bonchev–Trinajstić information content (AvgIpc) is 2.59. The molecule has 0 spiro atoms. The van der Waals surface area contributed by atoms with Gasteiger partial charge in [0.25, 0.3) is 0 Å². The predicted octanol–water partition coefficient (Wildman–Crippen LogP) is 3.30. The van der Waals surface area contributed by atoms with E-state index in [0.717, 1.165) is 12.0 Å². The lowest BCUT2D eigenvalue weighted by Crippen LogP contribution is -2.53. The molecule has 1 saturated heterocycles. The number of rotatable bonds is 3. The van der Waals surface area contributed by atoms with Crippen LogP contribution in [0.1, 0.15) is 43.6 Å². The molecule has 1 aliphatic heterocycles. The van der Waals surface area contributed by atoms with Gasteiger partial charge in [0.15, 0.2) is 0 Å². The van der Waals surface area contributed by atoms with Crippen molar-refractivity contribution in [3.05, 3.63) is 35.9 Å². The van der Waals surface area contributed by atoms with Crippen molar-refractivity contribution in [3.63, 3.8) is 0 Å². The monoisotopic (exact) mass is 402 g/mol. The van der Waals surface area contributed by atoms with Gasteiger partial charge >= 0.3 is 0 Å². The van der Waals surface area contributed by atoms with Gasteiger partial charge < -0.3 is 10.5 Å². The van der Waals surface area contributed by atoms with Gasteiger partial charge in [-0.3, -0.25) is 4.79 Å². The summed E-state index contributed by atoms with van der Waals surface area (Å²) in [4.78, 5) is 12.5. The second kappa shape index (κ2) is 5.85.